The van der Waals surface area contributed by atoms with Gasteiger partial charge in [0.2, 0.25) is 5.78 Å². The number of amides is 1. The van der Waals surface area contributed by atoms with Crippen molar-refractivity contribution in [2.24, 2.45) is 23.5 Å². The smallest absolute Gasteiger partial charge is 0.255 e. The number of rotatable bonds is 6. The summed E-state index contributed by atoms with van der Waals surface area (Å²) >= 11 is 0. The van der Waals surface area contributed by atoms with E-state index < -0.39 is 58.0 Å². The number of nitrogens with two attached hydrogens (primary N) is 1. The van der Waals surface area contributed by atoms with Crippen LogP contribution in [0.2, 0.25) is 0 Å². The molecule has 9 nitrogen and oxygen atoms in total. The highest BCUT2D eigenvalue weighted by Gasteiger charge is 2.64. The molecule has 3 aliphatic carbocycles. The first-order valence-corrected chi connectivity index (χ1v) is 12.3. The van der Waals surface area contributed by atoms with Gasteiger partial charge in [0, 0.05) is 11.5 Å². The molecule has 1 fully saturated rings. The maximum absolute atomic E-state index is 13.8. The molecule has 0 heterocycles. The molecular formula is C27H34N2O7. The molecule has 1 aromatic carbocycles. The second-order valence-electron chi connectivity index (χ2n) is 10.8. The monoisotopic (exact) mass is 498 g/mol. The molecule has 0 spiro atoms. The van der Waals surface area contributed by atoms with Gasteiger partial charge < -0.3 is 26.2 Å². The van der Waals surface area contributed by atoms with Gasteiger partial charge in [-0.05, 0) is 68.8 Å². The van der Waals surface area contributed by atoms with Gasteiger partial charge in [-0.15, -0.1) is 0 Å². The predicted molar refractivity (Wildman–Crippen MR) is 132 cm³/mol. The maximum atomic E-state index is 13.8. The summed E-state index contributed by atoms with van der Waals surface area (Å²) in [4.78, 5) is 40.5. The predicted octanol–water partition coefficient (Wildman–Crippen LogP) is 1.94. The van der Waals surface area contributed by atoms with Crippen LogP contribution < -0.4 is 5.73 Å². The summed E-state index contributed by atoms with van der Waals surface area (Å²) in [7, 11) is 3.16. The van der Waals surface area contributed by atoms with Crippen LogP contribution in [0.25, 0.3) is 5.76 Å². The third kappa shape index (κ3) is 3.72. The van der Waals surface area contributed by atoms with Crippen LogP contribution in [0.5, 0.6) is 5.75 Å². The Bertz CT molecular complexity index is 1210. The Kier molecular flexibility index (Phi) is 6.51. The van der Waals surface area contributed by atoms with Crippen molar-refractivity contribution >= 4 is 23.2 Å². The molecule has 1 saturated carbocycles. The van der Waals surface area contributed by atoms with Gasteiger partial charge in [-0.3, -0.25) is 19.3 Å². The minimum atomic E-state index is -2.62. The SMILES string of the molecule is CC(C)CCCc1ccc(O)c2c1C[C@@H]1C[C@@H]3C(N(C)C)C(=O)C(C(N)=O)=C(O)[C@@]3(O)C(=O)C1=C2O. The van der Waals surface area contributed by atoms with Crippen LogP contribution in [-0.2, 0) is 27.2 Å². The topological polar surface area (TPSA) is 161 Å². The molecule has 1 unspecified atom stereocenters. The largest absolute Gasteiger partial charge is 0.508 e. The number of hydrogen-bond acceptors (Lipinski definition) is 8. The molecule has 4 rings (SSSR count). The Morgan fingerprint density at radius 2 is 1.86 bits per heavy atom. The number of aliphatic hydroxyl groups excluding tert-OH is 2. The lowest BCUT2D eigenvalue weighted by Gasteiger charge is -2.50. The van der Waals surface area contributed by atoms with Gasteiger partial charge >= 0.3 is 0 Å². The molecule has 0 saturated heterocycles. The molecule has 0 aliphatic heterocycles. The standard InChI is InChI=1S/C27H34N2O7/c1-12(2)6-5-7-13-8-9-17(30)19-15(13)10-14-11-16-21(29(3)4)23(32)20(26(28)35)25(34)27(16,36)24(33)18(14)22(19)31/h8-9,12,14,16,21,30-31,34,36H,5-7,10-11H2,1-4H3,(H2,28,35)/t14-,16-,21?,27+/m1/s1. The minimum absolute atomic E-state index is 0.0901. The van der Waals surface area contributed by atoms with Gasteiger partial charge in [0.1, 0.15) is 22.8 Å². The second-order valence-corrected chi connectivity index (χ2v) is 10.8. The van der Waals surface area contributed by atoms with E-state index in [2.05, 4.69) is 13.8 Å². The molecule has 6 N–H and O–H groups in total. The summed E-state index contributed by atoms with van der Waals surface area (Å²) in [5, 5.41) is 44.4. The maximum Gasteiger partial charge on any atom is 0.255 e. The Morgan fingerprint density at radius 1 is 1.19 bits per heavy atom. The number of aromatic hydroxyl groups is 1. The first-order valence-electron chi connectivity index (χ1n) is 12.3. The molecule has 194 valence electrons. The number of carbonyl (C=O) groups excluding carboxylic acids is 3. The summed E-state index contributed by atoms with van der Waals surface area (Å²) in [5.74, 6) is -5.81. The average molecular weight is 499 g/mol. The number of primary amides is 1. The number of aliphatic hydroxyl groups is 3. The van der Waals surface area contributed by atoms with E-state index in [0.29, 0.717) is 12.3 Å². The summed E-state index contributed by atoms with van der Waals surface area (Å²) in [5.41, 5.74) is 3.63. The fourth-order valence-electron chi connectivity index (χ4n) is 6.24. The average Bonchev–Trinajstić information content (AvgIpc) is 2.77. The van der Waals surface area contributed by atoms with Crippen molar-refractivity contribution in [1.29, 1.82) is 0 Å². The zero-order valence-corrected chi connectivity index (χ0v) is 21.0. The van der Waals surface area contributed by atoms with E-state index in [9.17, 15) is 34.8 Å². The summed E-state index contributed by atoms with van der Waals surface area (Å²) in [6.45, 7) is 4.28. The second kappa shape index (κ2) is 9.05. The van der Waals surface area contributed by atoms with E-state index in [-0.39, 0.29) is 23.3 Å². The van der Waals surface area contributed by atoms with Crippen LogP contribution in [0.4, 0.5) is 0 Å². The van der Waals surface area contributed by atoms with E-state index in [4.69, 9.17) is 5.73 Å². The van der Waals surface area contributed by atoms with Gasteiger partial charge in [0.25, 0.3) is 5.91 Å². The van der Waals surface area contributed by atoms with Crippen LogP contribution >= 0.6 is 0 Å². The first-order chi connectivity index (χ1) is 16.8. The lowest BCUT2D eigenvalue weighted by atomic mass is 9.57. The van der Waals surface area contributed by atoms with Crippen LogP contribution in [-0.4, -0.2) is 68.5 Å². The number of Topliss-reactive ketones (excluding diaryl/α,β-unsaturated/α-hetero) is 2. The number of hydrogen-bond donors (Lipinski definition) is 5. The Hall–Kier alpha value is -3.17. The molecule has 0 bridgehead atoms. The number of fused-ring (bicyclic) bond motifs is 3. The Balaban J connectivity index is 1.88. The van der Waals surface area contributed by atoms with Gasteiger partial charge in [-0.1, -0.05) is 26.3 Å². The van der Waals surface area contributed by atoms with Crippen molar-refractivity contribution in [3.8, 4) is 5.75 Å². The van der Waals surface area contributed by atoms with E-state index >= 15 is 0 Å². The zero-order chi connectivity index (χ0) is 26.7. The van der Waals surface area contributed by atoms with Crippen molar-refractivity contribution in [2.75, 3.05) is 14.1 Å². The fourth-order valence-corrected chi connectivity index (χ4v) is 6.24. The van der Waals surface area contributed by atoms with Crippen molar-refractivity contribution in [3.63, 3.8) is 0 Å². The van der Waals surface area contributed by atoms with E-state index in [0.717, 1.165) is 30.4 Å². The molecule has 1 amide bonds. The summed E-state index contributed by atoms with van der Waals surface area (Å²) < 4.78 is 0. The number of phenolic OH excluding ortho intramolecular Hbond substituents is 1. The van der Waals surface area contributed by atoms with Crippen molar-refractivity contribution < 1.29 is 34.8 Å². The molecule has 1 aromatic rings. The molecule has 3 aliphatic rings. The van der Waals surface area contributed by atoms with Crippen molar-refractivity contribution in [1.82, 2.24) is 4.90 Å². The van der Waals surface area contributed by atoms with E-state index in [1.807, 2.05) is 6.07 Å². The minimum Gasteiger partial charge on any atom is -0.508 e. The van der Waals surface area contributed by atoms with Gasteiger partial charge in [0.05, 0.1) is 11.6 Å². The molecule has 0 radical (unpaired) electrons. The summed E-state index contributed by atoms with van der Waals surface area (Å²) in [6, 6.07) is 2.22. The molecule has 36 heavy (non-hydrogen) atoms. The van der Waals surface area contributed by atoms with Crippen LogP contribution in [0.15, 0.2) is 29.0 Å². The first kappa shape index (κ1) is 25.9. The Labute approximate surface area is 209 Å². The molecule has 9 heteroatoms. The van der Waals surface area contributed by atoms with Gasteiger partial charge in [0.15, 0.2) is 11.4 Å². The normalized spacial score (nSPS) is 27.9. The van der Waals surface area contributed by atoms with Crippen LogP contribution in [0.3, 0.4) is 0 Å². The number of ketones is 2. The number of phenols is 1. The number of aryl methyl sites for hydroxylation is 1. The lowest BCUT2D eigenvalue weighted by Crippen LogP contribution is -2.65. The number of carbonyl (C=O) groups is 3. The third-order valence-corrected chi connectivity index (χ3v) is 7.93. The van der Waals surface area contributed by atoms with Crippen LogP contribution in [0, 0.1) is 17.8 Å². The van der Waals surface area contributed by atoms with E-state index in [1.165, 1.54) is 11.0 Å². The number of nitrogens with zero attached hydrogens (tertiary/aromatic N) is 1. The van der Waals surface area contributed by atoms with Crippen molar-refractivity contribution in [3.05, 3.63) is 45.7 Å². The molecule has 4 atom stereocenters. The fraction of sp³-hybridized carbons (Fsp3) is 0.519. The highest BCUT2D eigenvalue weighted by Crippen LogP contribution is 2.53. The van der Waals surface area contributed by atoms with Crippen molar-refractivity contribution in [2.45, 2.75) is 57.6 Å². The highest BCUT2D eigenvalue weighted by molar-refractivity contribution is 6.24. The number of benzene rings is 1. The zero-order valence-electron chi connectivity index (χ0n) is 21.0. The van der Waals surface area contributed by atoms with Gasteiger partial charge in [-0.2, -0.15) is 0 Å². The van der Waals surface area contributed by atoms with Crippen LogP contribution in [0.1, 0.15) is 49.8 Å². The van der Waals surface area contributed by atoms with E-state index in [1.54, 1.807) is 14.1 Å². The highest BCUT2D eigenvalue weighted by atomic mass is 16.3. The van der Waals surface area contributed by atoms with Gasteiger partial charge in [-0.25, -0.2) is 0 Å². The third-order valence-electron chi connectivity index (χ3n) is 7.93. The number of likely N-dealkylation sites (N-methyl/N-ethyl adjacent to an activating group) is 1. The molecular weight excluding hydrogens is 464 g/mol. The quantitative estimate of drug-likeness (QED) is 0.372. The molecule has 0 aromatic heterocycles. The lowest BCUT2D eigenvalue weighted by molar-refractivity contribution is -0.153. The summed E-state index contributed by atoms with van der Waals surface area (Å²) in [6.07, 6.45) is 3.08. The Morgan fingerprint density at radius 3 is 2.44 bits per heavy atom.